The van der Waals surface area contributed by atoms with Crippen LogP contribution in [-0.2, 0) is 22.7 Å². The van der Waals surface area contributed by atoms with Gasteiger partial charge in [-0.3, -0.25) is 9.59 Å². The summed E-state index contributed by atoms with van der Waals surface area (Å²) in [6, 6.07) is 14.1. The van der Waals surface area contributed by atoms with Crippen molar-refractivity contribution in [3.05, 3.63) is 58.3 Å². The lowest BCUT2D eigenvalue weighted by atomic mass is 10.2. The summed E-state index contributed by atoms with van der Waals surface area (Å²) in [4.78, 5) is 30.4. The van der Waals surface area contributed by atoms with Crippen molar-refractivity contribution in [3.63, 3.8) is 0 Å². The summed E-state index contributed by atoms with van der Waals surface area (Å²) < 4.78 is 0. The molecule has 4 nitrogen and oxygen atoms in total. The van der Waals surface area contributed by atoms with Crippen LogP contribution in [0.1, 0.15) is 37.1 Å². The molecular weight excluding hydrogens is 344 g/mol. The number of carbonyl (C=O) groups excluding carboxylic acids is 2. The van der Waals surface area contributed by atoms with Crippen LogP contribution >= 0.6 is 11.3 Å². The van der Waals surface area contributed by atoms with Gasteiger partial charge in [0.1, 0.15) is 6.54 Å². The van der Waals surface area contributed by atoms with Crippen LogP contribution in [0.25, 0.3) is 0 Å². The molecule has 0 bridgehead atoms. The molecule has 1 aromatic carbocycles. The summed E-state index contributed by atoms with van der Waals surface area (Å²) in [5, 5.41) is 2.03. The summed E-state index contributed by atoms with van der Waals surface area (Å²) in [7, 11) is 0. The molecule has 1 saturated carbocycles. The number of hydrogen-bond donors (Lipinski definition) is 0. The molecule has 26 heavy (non-hydrogen) atoms. The fraction of sp³-hybridized carbons (Fsp3) is 0.429. The molecule has 138 valence electrons. The van der Waals surface area contributed by atoms with Crippen LogP contribution in [0.15, 0.2) is 47.8 Å². The SMILES string of the molecule is CC(C)N(CC(=O)N(Cc1ccccc1)Cc1cccs1)C(=O)C1CC1. The molecule has 0 saturated heterocycles. The predicted molar refractivity (Wildman–Crippen MR) is 105 cm³/mol. The molecule has 0 aliphatic heterocycles. The highest BCUT2D eigenvalue weighted by Gasteiger charge is 2.35. The van der Waals surface area contributed by atoms with Gasteiger partial charge in [-0.05, 0) is 43.7 Å². The molecule has 2 aromatic rings. The van der Waals surface area contributed by atoms with Gasteiger partial charge in [0, 0.05) is 23.4 Å². The lowest BCUT2D eigenvalue weighted by Crippen LogP contribution is -2.46. The highest BCUT2D eigenvalue weighted by Crippen LogP contribution is 2.31. The van der Waals surface area contributed by atoms with Crippen LogP contribution in [-0.4, -0.2) is 34.2 Å². The second-order valence-corrected chi connectivity index (χ2v) is 8.18. The van der Waals surface area contributed by atoms with E-state index in [1.807, 2.05) is 66.6 Å². The second kappa shape index (κ2) is 8.49. The summed E-state index contributed by atoms with van der Waals surface area (Å²) >= 11 is 1.65. The second-order valence-electron chi connectivity index (χ2n) is 7.15. The van der Waals surface area contributed by atoms with E-state index in [2.05, 4.69) is 0 Å². The van der Waals surface area contributed by atoms with Crippen LogP contribution in [0.5, 0.6) is 0 Å². The first-order chi connectivity index (χ1) is 12.5. The van der Waals surface area contributed by atoms with Crippen molar-refractivity contribution in [2.45, 2.75) is 45.8 Å². The maximum atomic E-state index is 13.1. The Kier molecular flexibility index (Phi) is 6.09. The normalized spacial score (nSPS) is 13.7. The van der Waals surface area contributed by atoms with Gasteiger partial charge < -0.3 is 9.80 Å². The number of amides is 2. The molecule has 0 atom stereocenters. The Morgan fingerprint density at radius 2 is 1.81 bits per heavy atom. The van der Waals surface area contributed by atoms with E-state index in [4.69, 9.17) is 0 Å². The van der Waals surface area contributed by atoms with E-state index in [1.165, 1.54) is 0 Å². The first-order valence-corrected chi connectivity index (χ1v) is 10.1. The van der Waals surface area contributed by atoms with Crippen molar-refractivity contribution in [1.82, 2.24) is 9.80 Å². The molecule has 0 spiro atoms. The van der Waals surface area contributed by atoms with Crippen LogP contribution in [0, 0.1) is 5.92 Å². The van der Waals surface area contributed by atoms with Crippen molar-refractivity contribution in [1.29, 1.82) is 0 Å². The Labute approximate surface area is 159 Å². The number of hydrogen-bond acceptors (Lipinski definition) is 3. The molecule has 0 N–H and O–H groups in total. The third kappa shape index (κ3) is 4.94. The predicted octanol–water partition coefficient (Wildman–Crippen LogP) is 3.92. The molecule has 0 radical (unpaired) electrons. The standard InChI is InChI=1S/C21H26N2O2S/c1-16(2)23(21(25)18-10-11-18)15-20(24)22(14-19-9-6-12-26-19)13-17-7-4-3-5-8-17/h3-9,12,16,18H,10-11,13-15H2,1-2H3. The van der Waals surface area contributed by atoms with E-state index >= 15 is 0 Å². The molecule has 1 aliphatic rings. The van der Waals surface area contributed by atoms with Gasteiger partial charge in [0.05, 0.1) is 6.54 Å². The number of rotatable bonds is 8. The molecule has 1 fully saturated rings. The van der Waals surface area contributed by atoms with E-state index < -0.39 is 0 Å². The lowest BCUT2D eigenvalue weighted by molar-refractivity contribution is -0.143. The molecule has 1 aliphatic carbocycles. The van der Waals surface area contributed by atoms with Gasteiger partial charge in [0.15, 0.2) is 0 Å². The molecule has 1 aromatic heterocycles. The lowest BCUT2D eigenvalue weighted by Gasteiger charge is -2.30. The average Bonchev–Trinajstić information content (AvgIpc) is 3.36. The van der Waals surface area contributed by atoms with Crippen LogP contribution in [0.4, 0.5) is 0 Å². The quantitative estimate of drug-likeness (QED) is 0.706. The Balaban J connectivity index is 1.73. The van der Waals surface area contributed by atoms with Crippen molar-refractivity contribution in [2.24, 2.45) is 5.92 Å². The minimum Gasteiger partial charge on any atom is -0.332 e. The topological polar surface area (TPSA) is 40.6 Å². The number of carbonyl (C=O) groups is 2. The van der Waals surface area contributed by atoms with Crippen molar-refractivity contribution in [3.8, 4) is 0 Å². The average molecular weight is 371 g/mol. The largest absolute Gasteiger partial charge is 0.332 e. The van der Waals surface area contributed by atoms with Gasteiger partial charge >= 0.3 is 0 Å². The molecule has 0 unspecified atom stereocenters. The molecule has 1 heterocycles. The highest BCUT2D eigenvalue weighted by atomic mass is 32.1. The molecule has 2 amide bonds. The summed E-state index contributed by atoms with van der Waals surface area (Å²) in [5.41, 5.74) is 1.10. The van der Waals surface area contributed by atoms with Crippen LogP contribution < -0.4 is 0 Å². The van der Waals surface area contributed by atoms with Gasteiger partial charge in [0.25, 0.3) is 0 Å². The zero-order chi connectivity index (χ0) is 18.5. The van der Waals surface area contributed by atoms with Gasteiger partial charge in [-0.1, -0.05) is 36.4 Å². The Bertz CT molecular complexity index is 724. The number of nitrogens with zero attached hydrogens (tertiary/aromatic N) is 2. The van der Waals surface area contributed by atoms with Crippen LogP contribution in [0.3, 0.4) is 0 Å². The third-order valence-corrected chi connectivity index (χ3v) is 5.50. The first kappa shape index (κ1) is 18.6. The maximum Gasteiger partial charge on any atom is 0.242 e. The zero-order valence-electron chi connectivity index (χ0n) is 15.4. The van der Waals surface area contributed by atoms with E-state index in [0.29, 0.717) is 13.1 Å². The molecule has 3 rings (SSSR count). The summed E-state index contributed by atoms with van der Waals surface area (Å²) in [6.45, 7) is 5.25. The molecular formula is C21H26N2O2S. The first-order valence-electron chi connectivity index (χ1n) is 9.19. The van der Waals surface area contributed by atoms with Gasteiger partial charge in [-0.25, -0.2) is 0 Å². The van der Waals surface area contributed by atoms with Gasteiger partial charge in [-0.15, -0.1) is 11.3 Å². The van der Waals surface area contributed by atoms with Crippen molar-refractivity contribution in [2.75, 3.05) is 6.54 Å². The van der Waals surface area contributed by atoms with Crippen LogP contribution in [0.2, 0.25) is 0 Å². The smallest absolute Gasteiger partial charge is 0.242 e. The van der Waals surface area contributed by atoms with Gasteiger partial charge in [0.2, 0.25) is 11.8 Å². The fourth-order valence-corrected chi connectivity index (χ4v) is 3.67. The maximum absolute atomic E-state index is 13.1. The number of benzene rings is 1. The van der Waals surface area contributed by atoms with E-state index in [0.717, 1.165) is 23.3 Å². The Hall–Kier alpha value is -2.14. The number of thiophene rings is 1. The minimum atomic E-state index is 0.00459. The monoisotopic (exact) mass is 370 g/mol. The van der Waals surface area contributed by atoms with Gasteiger partial charge in [-0.2, -0.15) is 0 Å². The summed E-state index contributed by atoms with van der Waals surface area (Å²) in [6.07, 6.45) is 1.92. The van der Waals surface area contributed by atoms with E-state index in [-0.39, 0.29) is 30.3 Å². The third-order valence-electron chi connectivity index (χ3n) is 4.63. The Morgan fingerprint density at radius 1 is 1.08 bits per heavy atom. The summed E-state index contributed by atoms with van der Waals surface area (Å²) in [5.74, 6) is 0.263. The van der Waals surface area contributed by atoms with E-state index in [1.54, 1.807) is 16.2 Å². The Morgan fingerprint density at radius 3 is 2.38 bits per heavy atom. The minimum absolute atomic E-state index is 0.00459. The van der Waals surface area contributed by atoms with Crippen molar-refractivity contribution >= 4 is 23.2 Å². The highest BCUT2D eigenvalue weighted by molar-refractivity contribution is 7.09. The van der Waals surface area contributed by atoms with E-state index in [9.17, 15) is 9.59 Å². The fourth-order valence-electron chi connectivity index (χ4n) is 2.95. The van der Waals surface area contributed by atoms with Crippen molar-refractivity contribution < 1.29 is 9.59 Å². The molecule has 5 heteroatoms. The zero-order valence-corrected chi connectivity index (χ0v) is 16.2.